The van der Waals surface area contributed by atoms with E-state index in [0.717, 1.165) is 54.6 Å². The first-order chi connectivity index (χ1) is 13.7. The van der Waals surface area contributed by atoms with E-state index in [-0.39, 0.29) is 11.8 Å². The molecule has 1 aliphatic heterocycles. The fourth-order valence-electron chi connectivity index (χ4n) is 4.16. The average Bonchev–Trinajstić information content (AvgIpc) is 3.03. The van der Waals surface area contributed by atoms with Crippen molar-refractivity contribution >= 4 is 33.6 Å². The highest BCUT2D eigenvalue weighted by Crippen LogP contribution is 2.27. The summed E-state index contributed by atoms with van der Waals surface area (Å²) in [6.45, 7) is 2.55. The van der Waals surface area contributed by atoms with Gasteiger partial charge in [0.1, 0.15) is 0 Å². The number of para-hydroxylation sites is 1. The van der Waals surface area contributed by atoms with Gasteiger partial charge in [-0.25, -0.2) is 4.79 Å². The quantitative estimate of drug-likeness (QED) is 0.509. The van der Waals surface area contributed by atoms with Crippen molar-refractivity contribution in [3.63, 3.8) is 0 Å². The van der Waals surface area contributed by atoms with Gasteiger partial charge in [-0.1, -0.05) is 35.9 Å². The van der Waals surface area contributed by atoms with Gasteiger partial charge in [0.2, 0.25) is 0 Å². The van der Waals surface area contributed by atoms with Crippen molar-refractivity contribution in [3.05, 3.63) is 75.9 Å². The number of likely N-dealkylation sites (tertiary alicyclic amines) is 1. The van der Waals surface area contributed by atoms with Gasteiger partial charge in [0.05, 0.1) is 22.8 Å². The van der Waals surface area contributed by atoms with Crippen molar-refractivity contribution in [2.45, 2.75) is 25.4 Å². The normalized spacial score (nSPS) is 18.1. The maximum Gasteiger partial charge on any atom is 0.420 e. The lowest BCUT2D eigenvalue weighted by Gasteiger charge is -2.32. The molecule has 1 aliphatic rings. The summed E-state index contributed by atoms with van der Waals surface area (Å²) in [5.41, 5.74) is 3.42. The lowest BCUT2D eigenvalue weighted by Crippen LogP contribution is -2.38. The summed E-state index contributed by atoms with van der Waals surface area (Å²) in [5, 5.41) is 1.76. The van der Waals surface area contributed by atoms with Crippen molar-refractivity contribution in [2.24, 2.45) is 0 Å². The fourth-order valence-corrected chi connectivity index (χ4v) is 4.33. The largest absolute Gasteiger partial charge is 0.420 e. The third-order valence-electron chi connectivity index (χ3n) is 5.46. The molecule has 2 aromatic heterocycles. The van der Waals surface area contributed by atoms with Crippen LogP contribution in [0.15, 0.2) is 63.8 Å². The molecule has 142 valence electrons. The highest BCUT2D eigenvalue weighted by atomic mass is 35.5. The van der Waals surface area contributed by atoms with Gasteiger partial charge in [-0.15, -0.1) is 0 Å². The molecule has 0 spiro atoms. The molecule has 4 aromatic rings. The highest BCUT2D eigenvalue weighted by Gasteiger charge is 2.25. The molecule has 3 heterocycles. The predicted octanol–water partition coefficient (Wildman–Crippen LogP) is 4.63. The second-order valence-corrected chi connectivity index (χ2v) is 7.81. The Bertz CT molecular complexity index is 1210. The zero-order valence-corrected chi connectivity index (χ0v) is 16.1. The van der Waals surface area contributed by atoms with Crippen LogP contribution in [0.2, 0.25) is 5.02 Å². The van der Waals surface area contributed by atoms with E-state index in [2.05, 4.69) is 23.1 Å². The number of hydrogen-bond acceptors (Lipinski definition) is 4. The summed E-state index contributed by atoms with van der Waals surface area (Å²) in [5.74, 6) is -0.312. The van der Waals surface area contributed by atoms with Crippen LogP contribution in [0.25, 0.3) is 22.0 Å². The number of piperidine rings is 1. The fraction of sp³-hybridized carbons (Fsp3) is 0.273. The van der Waals surface area contributed by atoms with Gasteiger partial charge in [-0.2, -0.15) is 0 Å². The molecule has 28 heavy (non-hydrogen) atoms. The zero-order valence-electron chi connectivity index (χ0n) is 15.3. The zero-order chi connectivity index (χ0) is 19.1. The Kier molecular flexibility index (Phi) is 4.41. The lowest BCUT2D eigenvalue weighted by molar-refractivity contribution is 0.166. The van der Waals surface area contributed by atoms with Crippen LogP contribution in [0.4, 0.5) is 0 Å². The summed E-state index contributed by atoms with van der Waals surface area (Å²) in [4.78, 5) is 19.6. The minimum Gasteiger partial charge on any atom is -0.408 e. The van der Waals surface area contributed by atoms with Crippen LogP contribution in [0.3, 0.4) is 0 Å². The summed E-state index contributed by atoms with van der Waals surface area (Å²) in [7, 11) is 0. The Morgan fingerprint density at radius 1 is 1.14 bits per heavy atom. The van der Waals surface area contributed by atoms with Crippen molar-refractivity contribution in [3.8, 4) is 0 Å². The molecule has 6 heteroatoms. The molecule has 0 N–H and O–H groups in total. The minimum atomic E-state index is -0.312. The molecule has 0 unspecified atom stereocenters. The van der Waals surface area contributed by atoms with Crippen LogP contribution in [-0.4, -0.2) is 27.5 Å². The van der Waals surface area contributed by atoms with E-state index in [1.54, 1.807) is 16.7 Å². The second kappa shape index (κ2) is 7.08. The molecule has 0 bridgehead atoms. The molecule has 5 nitrogen and oxygen atoms in total. The number of fused-ring (bicyclic) bond motifs is 2. The van der Waals surface area contributed by atoms with Gasteiger partial charge in [-0.3, -0.25) is 14.5 Å². The first kappa shape index (κ1) is 17.5. The Morgan fingerprint density at radius 3 is 2.96 bits per heavy atom. The van der Waals surface area contributed by atoms with Gasteiger partial charge in [-0.05, 0) is 49.7 Å². The Balaban J connectivity index is 1.41. The van der Waals surface area contributed by atoms with Crippen molar-refractivity contribution < 1.29 is 4.42 Å². The SMILES string of the molecule is O=c1oc2ccc(Cl)cc2n1[C@@H]1CCCN(Cc2ccc3ccccc3n2)C1. The molecular weight excluding hydrogens is 374 g/mol. The van der Waals surface area contributed by atoms with Crippen LogP contribution < -0.4 is 5.76 Å². The van der Waals surface area contributed by atoms with E-state index < -0.39 is 0 Å². The molecule has 1 atom stereocenters. The van der Waals surface area contributed by atoms with Gasteiger partial charge >= 0.3 is 5.76 Å². The van der Waals surface area contributed by atoms with Crippen LogP contribution in [0, 0.1) is 0 Å². The Labute approximate surface area is 167 Å². The van der Waals surface area contributed by atoms with Crippen molar-refractivity contribution in [2.75, 3.05) is 13.1 Å². The van der Waals surface area contributed by atoms with Gasteiger partial charge in [0.15, 0.2) is 5.58 Å². The topological polar surface area (TPSA) is 51.3 Å². The van der Waals surface area contributed by atoms with Crippen LogP contribution in [0.1, 0.15) is 24.6 Å². The first-order valence-electron chi connectivity index (χ1n) is 9.55. The van der Waals surface area contributed by atoms with Crippen LogP contribution in [-0.2, 0) is 6.54 Å². The maximum absolute atomic E-state index is 12.5. The molecular formula is C22H20ClN3O2. The molecule has 0 amide bonds. The van der Waals surface area contributed by atoms with Crippen LogP contribution >= 0.6 is 11.6 Å². The number of benzene rings is 2. The summed E-state index contributed by atoms with van der Waals surface area (Å²) < 4.78 is 7.19. The summed E-state index contributed by atoms with van der Waals surface area (Å²) in [6, 6.07) is 17.7. The summed E-state index contributed by atoms with van der Waals surface area (Å²) in [6.07, 6.45) is 1.97. The number of nitrogens with zero attached hydrogens (tertiary/aromatic N) is 3. The maximum atomic E-state index is 12.5. The number of halogens is 1. The number of oxazole rings is 1. The van der Waals surface area contributed by atoms with E-state index in [9.17, 15) is 4.79 Å². The van der Waals surface area contributed by atoms with Gasteiger partial charge in [0, 0.05) is 23.5 Å². The third kappa shape index (κ3) is 3.21. The monoisotopic (exact) mass is 393 g/mol. The molecule has 2 aromatic carbocycles. The van der Waals surface area contributed by atoms with Crippen molar-refractivity contribution in [1.82, 2.24) is 14.5 Å². The smallest absolute Gasteiger partial charge is 0.408 e. The molecule has 0 radical (unpaired) electrons. The number of aromatic nitrogens is 2. The molecule has 0 aliphatic carbocycles. The molecule has 1 saturated heterocycles. The number of pyridine rings is 1. The van der Waals surface area contributed by atoms with E-state index in [4.69, 9.17) is 21.0 Å². The van der Waals surface area contributed by atoms with Gasteiger partial charge in [0.25, 0.3) is 0 Å². The lowest BCUT2D eigenvalue weighted by atomic mass is 10.0. The van der Waals surface area contributed by atoms with Crippen LogP contribution in [0.5, 0.6) is 0 Å². The minimum absolute atomic E-state index is 0.0708. The average molecular weight is 394 g/mol. The molecule has 5 rings (SSSR count). The molecule has 1 fully saturated rings. The second-order valence-electron chi connectivity index (χ2n) is 7.38. The van der Waals surface area contributed by atoms with E-state index >= 15 is 0 Å². The predicted molar refractivity (Wildman–Crippen MR) is 111 cm³/mol. The third-order valence-corrected chi connectivity index (χ3v) is 5.70. The van der Waals surface area contributed by atoms with Gasteiger partial charge < -0.3 is 4.42 Å². The van der Waals surface area contributed by atoms with Crippen molar-refractivity contribution in [1.29, 1.82) is 0 Å². The van der Waals surface area contributed by atoms with E-state index in [1.807, 2.05) is 24.3 Å². The molecule has 0 saturated carbocycles. The Hall–Kier alpha value is -2.63. The number of hydrogen-bond donors (Lipinski definition) is 0. The highest BCUT2D eigenvalue weighted by molar-refractivity contribution is 6.31. The first-order valence-corrected chi connectivity index (χ1v) is 9.93. The summed E-state index contributed by atoms with van der Waals surface area (Å²) >= 11 is 6.15. The number of rotatable bonds is 3. The Morgan fingerprint density at radius 2 is 2.04 bits per heavy atom. The standard InChI is InChI=1S/C22H20ClN3O2/c23-16-8-10-21-20(12-16)26(22(27)28-21)18-5-3-11-25(14-18)13-17-9-7-15-4-1-2-6-19(15)24-17/h1-2,4,6-10,12,18H,3,5,11,13-14H2/t18-/m1/s1. The van der Waals surface area contributed by atoms with E-state index in [0.29, 0.717) is 10.6 Å². The van der Waals surface area contributed by atoms with E-state index in [1.165, 1.54) is 0 Å².